The highest BCUT2D eigenvalue weighted by molar-refractivity contribution is 6.05. The Kier molecular flexibility index (Phi) is 9.87. The molecular weight excluding hydrogens is 484 g/mol. The van der Waals surface area contributed by atoms with Crippen LogP contribution in [0.15, 0.2) is 77.5 Å². The molecule has 0 saturated heterocycles. The van der Waals surface area contributed by atoms with Crippen molar-refractivity contribution in [1.29, 1.82) is 0 Å². The van der Waals surface area contributed by atoms with Crippen molar-refractivity contribution in [3.63, 3.8) is 0 Å². The van der Waals surface area contributed by atoms with E-state index in [0.29, 0.717) is 11.1 Å². The number of anilines is 1. The Morgan fingerprint density at radius 2 is 1.53 bits per heavy atom. The molecule has 0 aliphatic carbocycles. The molecule has 0 fully saturated rings. The minimum absolute atomic E-state index is 0.0208. The van der Waals surface area contributed by atoms with E-state index in [2.05, 4.69) is 34.6 Å². The van der Waals surface area contributed by atoms with E-state index in [1.54, 1.807) is 48.5 Å². The number of methoxy groups -OCH3 is 2. The van der Waals surface area contributed by atoms with Gasteiger partial charge in [-0.2, -0.15) is 5.10 Å². The molecule has 0 aliphatic heterocycles. The van der Waals surface area contributed by atoms with Crippen LogP contribution in [0.2, 0.25) is 0 Å². The molecule has 38 heavy (non-hydrogen) atoms. The molecule has 0 unspecified atom stereocenters. The number of carbonyl (C=O) groups is 2. The van der Waals surface area contributed by atoms with Crippen LogP contribution in [0.5, 0.6) is 17.2 Å². The van der Waals surface area contributed by atoms with E-state index >= 15 is 0 Å². The van der Waals surface area contributed by atoms with Crippen molar-refractivity contribution in [1.82, 2.24) is 10.7 Å². The van der Waals surface area contributed by atoms with Crippen molar-refractivity contribution in [2.45, 2.75) is 13.8 Å². The largest absolute Gasteiger partial charge is 0.502 e. The zero-order valence-electron chi connectivity index (χ0n) is 21.9. The number of hydrogen-bond acceptors (Lipinski definition) is 7. The molecule has 0 bridgehead atoms. The Morgan fingerprint density at radius 3 is 2.08 bits per heavy atom. The van der Waals surface area contributed by atoms with E-state index in [-0.39, 0.29) is 22.9 Å². The number of rotatable bonds is 11. The minimum atomic E-state index is -0.615. The van der Waals surface area contributed by atoms with Gasteiger partial charge in [0.25, 0.3) is 11.8 Å². The van der Waals surface area contributed by atoms with E-state index in [0.717, 1.165) is 24.3 Å². The number of ether oxygens (including phenoxy) is 2. The number of phenolic OH excluding ortho intramolecular Hbond substituents is 1. The third-order valence-corrected chi connectivity index (χ3v) is 5.74. The Balaban J connectivity index is 1.85. The van der Waals surface area contributed by atoms with E-state index in [9.17, 15) is 14.7 Å². The maximum Gasteiger partial charge on any atom is 0.287 e. The van der Waals surface area contributed by atoms with Crippen molar-refractivity contribution in [3.8, 4) is 17.2 Å². The van der Waals surface area contributed by atoms with Gasteiger partial charge in [-0.3, -0.25) is 9.59 Å². The highest BCUT2D eigenvalue weighted by Crippen LogP contribution is 2.36. The SMILES string of the molecule is CCN(CC)c1ccc(C=C(NC(=O)c2ccccc2)C(=O)NN=Cc2cc(OC)c(O)c(OC)c2)cc1. The van der Waals surface area contributed by atoms with Crippen molar-refractivity contribution in [3.05, 3.63) is 89.1 Å². The van der Waals surface area contributed by atoms with Crippen LogP contribution in [0.25, 0.3) is 6.08 Å². The van der Waals surface area contributed by atoms with Crippen LogP contribution in [0.4, 0.5) is 5.69 Å². The van der Waals surface area contributed by atoms with Gasteiger partial charge >= 0.3 is 0 Å². The third-order valence-electron chi connectivity index (χ3n) is 5.74. The van der Waals surface area contributed by atoms with E-state index < -0.39 is 11.8 Å². The lowest BCUT2D eigenvalue weighted by molar-refractivity contribution is -0.117. The molecule has 9 nitrogen and oxygen atoms in total. The molecule has 0 radical (unpaired) electrons. The molecule has 3 aromatic carbocycles. The summed E-state index contributed by atoms with van der Waals surface area (Å²) < 4.78 is 10.3. The average Bonchev–Trinajstić information content (AvgIpc) is 2.95. The molecule has 0 spiro atoms. The first-order valence-corrected chi connectivity index (χ1v) is 12.1. The minimum Gasteiger partial charge on any atom is -0.502 e. The summed E-state index contributed by atoms with van der Waals surface area (Å²) in [6.45, 7) is 5.93. The van der Waals surface area contributed by atoms with Gasteiger partial charge in [0.05, 0.1) is 20.4 Å². The van der Waals surface area contributed by atoms with Crippen LogP contribution in [-0.4, -0.2) is 50.4 Å². The van der Waals surface area contributed by atoms with E-state index in [1.807, 2.05) is 24.3 Å². The molecule has 2 amide bonds. The predicted octanol–water partition coefficient (Wildman–Crippen LogP) is 4.18. The lowest BCUT2D eigenvalue weighted by atomic mass is 10.1. The lowest BCUT2D eigenvalue weighted by Gasteiger charge is -2.21. The number of nitrogens with zero attached hydrogens (tertiary/aromatic N) is 2. The molecule has 0 aliphatic rings. The molecule has 0 atom stereocenters. The van der Waals surface area contributed by atoms with E-state index in [4.69, 9.17) is 9.47 Å². The van der Waals surface area contributed by atoms with Crippen molar-refractivity contribution in [2.24, 2.45) is 5.10 Å². The first-order valence-electron chi connectivity index (χ1n) is 12.1. The standard InChI is InChI=1S/C29H32N4O5/c1-5-33(6-2)23-14-12-20(13-15-23)16-24(31-28(35)22-10-8-7-9-11-22)29(36)32-30-19-21-17-25(37-3)27(34)26(18-21)38-4/h7-19,34H,5-6H2,1-4H3,(H,31,35)(H,32,36). The summed E-state index contributed by atoms with van der Waals surface area (Å²) in [5.41, 5.74) is 5.19. The summed E-state index contributed by atoms with van der Waals surface area (Å²) in [6.07, 6.45) is 2.96. The fourth-order valence-electron chi connectivity index (χ4n) is 3.69. The summed E-state index contributed by atoms with van der Waals surface area (Å²) in [5, 5.41) is 16.8. The van der Waals surface area contributed by atoms with Crippen LogP contribution in [0, 0.1) is 0 Å². The normalized spacial score (nSPS) is 11.2. The van der Waals surface area contributed by atoms with Gasteiger partial charge < -0.3 is 24.8 Å². The summed E-state index contributed by atoms with van der Waals surface area (Å²) in [7, 11) is 2.83. The summed E-state index contributed by atoms with van der Waals surface area (Å²) in [4.78, 5) is 28.1. The van der Waals surface area contributed by atoms with Crippen LogP contribution >= 0.6 is 0 Å². The van der Waals surface area contributed by atoms with Crippen LogP contribution in [0.3, 0.4) is 0 Å². The number of nitrogens with one attached hydrogen (secondary N) is 2. The number of benzene rings is 3. The van der Waals surface area contributed by atoms with Crippen LogP contribution in [0.1, 0.15) is 35.3 Å². The fraction of sp³-hybridized carbons (Fsp3) is 0.207. The van der Waals surface area contributed by atoms with E-state index in [1.165, 1.54) is 20.4 Å². The topological polar surface area (TPSA) is 112 Å². The zero-order valence-corrected chi connectivity index (χ0v) is 21.9. The van der Waals surface area contributed by atoms with Gasteiger partial charge in [0.1, 0.15) is 5.70 Å². The Labute approximate surface area is 222 Å². The monoisotopic (exact) mass is 516 g/mol. The maximum atomic E-state index is 13.1. The number of phenols is 1. The van der Waals surface area contributed by atoms with Crippen LogP contribution in [-0.2, 0) is 4.79 Å². The van der Waals surface area contributed by atoms with Gasteiger partial charge in [-0.25, -0.2) is 5.43 Å². The van der Waals surface area contributed by atoms with Gasteiger partial charge in [0.2, 0.25) is 5.75 Å². The fourth-order valence-corrected chi connectivity index (χ4v) is 3.69. The Hall–Kier alpha value is -4.79. The number of amides is 2. The first-order chi connectivity index (χ1) is 18.4. The quantitative estimate of drug-likeness (QED) is 0.200. The second-order valence-electron chi connectivity index (χ2n) is 8.12. The van der Waals surface area contributed by atoms with Crippen LogP contribution < -0.4 is 25.1 Å². The lowest BCUT2D eigenvalue weighted by Crippen LogP contribution is -2.32. The van der Waals surface area contributed by atoms with Gasteiger partial charge in [-0.1, -0.05) is 30.3 Å². The molecule has 0 aromatic heterocycles. The maximum absolute atomic E-state index is 13.1. The molecule has 198 valence electrons. The molecular formula is C29H32N4O5. The second-order valence-corrected chi connectivity index (χ2v) is 8.12. The Morgan fingerprint density at radius 1 is 0.921 bits per heavy atom. The smallest absolute Gasteiger partial charge is 0.287 e. The van der Waals surface area contributed by atoms with Gasteiger partial charge in [0, 0.05) is 29.9 Å². The Bertz CT molecular complexity index is 1280. The van der Waals surface area contributed by atoms with Gasteiger partial charge in [-0.05, 0) is 61.9 Å². The molecule has 3 N–H and O–H groups in total. The summed E-state index contributed by atoms with van der Waals surface area (Å²) in [5.74, 6) is -0.793. The zero-order chi connectivity index (χ0) is 27.5. The van der Waals surface area contributed by atoms with Crippen molar-refractivity contribution < 1.29 is 24.2 Å². The average molecular weight is 517 g/mol. The van der Waals surface area contributed by atoms with Crippen molar-refractivity contribution >= 4 is 29.8 Å². The number of aromatic hydroxyl groups is 1. The molecule has 3 rings (SSSR count). The predicted molar refractivity (Wildman–Crippen MR) is 149 cm³/mol. The summed E-state index contributed by atoms with van der Waals surface area (Å²) >= 11 is 0. The summed E-state index contributed by atoms with van der Waals surface area (Å²) in [6, 6.07) is 19.4. The highest BCUT2D eigenvalue weighted by Gasteiger charge is 2.15. The second kappa shape index (κ2) is 13.5. The number of carbonyl (C=O) groups excluding carboxylic acids is 2. The molecule has 0 saturated carbocycles. The number of hydrazone groups is 1. The third kappa shape index (κ3) is 7.13. The highest BCUT2D eigenvalue weighted by atomic mass is 16.5. The molecule has 3 aromatic rings. The first kappa shape index (κ1) is 27.8. The number of hydrogen-bond donors (Lipinski definition) is 3. The molecule has 0 heterocycles. The van der Waals surface area contributed by atoms with Gasteiger partial charge in [0.15, 0.2) is 11.5 Å². The van der Waals surface area contributed by atoms with Crippen molar-refractivity contribution in [2.75, 3.05) is 32.2 Å². The van der Waals surface area contributed by atoms with Gasteiger partial charge in [-0.15, -0.1) is 0 Å². The molecule has 9 heteroatoms.